The first-order valence-electron chi connectivity index (χ1n) is 5.78. The summed E-state index contributed by atoms with van der Waals surface area (Å²) in [5.41, 5.74) is -0.602. The molecule has 0 radical (unpaired) electrons. The van der Waals surface area contributed by atoms with Crippen LogP contribution in [-0.4, -0.2) is 34.4 Å². The van der Waals surface area contributed by atoms with Gasteiger partial charge in [-0.05, 0) is 39.8 Å². The fraction of sp³-hybridized carbons (Fsp3) is 0.500. The fourth-order valence-electron chi connectivity index (χ4n) is 1.74. The molecule has 0 unspecified atom stereocenters. The van der Waals surface area contributed by atoms with Crippen molar-refractivity contribution in [2.75, 3.05) is 0 Å². The van der Waals surface area contributed by atoms with E-state index in [9.17, 15) is 4.79 Å². The standard InChI is InChI=1S/C12H16BNO4/c1-11(2)12(3,4)18-13(17-11)9-8(10(15)16)6-5-7-14-9/h5-7H,1-4H3,(H,15,16). The van der Waals surface area contributed by atoms with Crippen LogP contribution in [0.4, 0.5) is 0 Å². The molecule has 1 fully saturated rings. The molecule has 0 aromatic carbocycles. The van der Waals surface area contributed by atoms with Gasteiger partial charge in [0.05, 0.1) is 22.4 Å². The number of rotatable bonds is 2. The van der Waals surface area contributed by atoms with Gasteiger partial charge < -0.3 is 14.4 Å². The average molecular weight is 249 g/mol. The third-order valence-corrected chi connectivity index (χ3v) is 3.55. The summed E-state index contributed by atoms with van der Waals surface area (Å²) < 4.78 is 11.6. The molecular weight excluding hydrogens is 233 g/mol. The predicted octanol–water partition coefficient (Wildman–Crippen LogP) is 1.08. The van der Waals surface area contributed by atoms with Gasteiger partial charge in [0.15, 0.2) is 0 Å². The van der Waals surface area contributed by atoms with Crippen LogP contribution in [-0.2, 0) is 9.31 Å². The molecule has 2 heterocycles. The lowest BCUT2D eigenvalue weighted by atomic mass is 9.81. The Morgan fingerprint density at radius 2 is 1.83 bits per heavy atom. The van der Waals surface area contributed by atoms with E-state index in [2.05, 4.69) is 4.98 Å². The van der Waals surface area contributed by atoms with Crippen LogP contribution in [0.2, 0.25) is 0 Å². The number of pyridine rings is 1. The molecule has 0 spiro atoms. The second-order valence-electron chi connectivity index (χ2n) is 5.33. The number of carboxylic acid groups (broad SMARTS) is 1. The van der Waals surface area contributed by atoms with Crippen LogP contribution in [0.1, 0.15) is 38.1 Å². The van der Waals surface area contributed by atoms with E-state index >= 15 is 0 Å². The van der Waals surface area contributed by atoms with Crippen LogP contribution in [0.25, 0.3) is 0 Å². The lowest BCUT2D eigenvalue weighted by Gasteiger charge is -2.32. The maximum atomic E-state index is 11.2. The largest absolute Gasteiger partial charge is 0.515 e. The van der Waals surface area contributed by atoms with E-state index in [4.69, 9.17) is 14.4 Å². The topological polar surface area (TPSA) is 68.7 Å². The monoisotopic (exact) mass is 249 g/mol. The molecule has 6 heteroatoms. The Hall–Kier alpha value is -1.40. The van der Waals surface area contributed by atoms with Gasteiger partial charge in [0.1, 0.15) is 0 Å². The third-order valence-electron chi connectivity index (χ3n) is 3.55. The van der Waals surface area contributed by atoms with Crippen LogP contribution >= 0.6 is 0 Å². The summed E-state index contributed by atoms with van der Waals surface area (Å²) in [5, 5.41) is 9.14. The van der Waals surface area contributed by atoms with Gasteiger partial charge in [-0.15, -0.1) is 0 Å². The van der Waals surface area contributed by atoms with Crippen molar-refractivity contribution in [3.05, 3.63) is 23.9 Å². The summed E-state index contributed by atoms with van der Waals surface area (Å²) >= 11 is 0. The van der Waals surface area contributed by atoms with E-state index in [1.54, 1.807) is 6.07 Å². The van der Waals surface area contributed by atoms with E-state index in [0.717, 1.165) is 0 Å². The third kappa shape index (κ3) is 2.02. The number of aromatic nitrogens is 1. The van der Waals surface area contributed by atoms with Gasteiger partial charge in [-0.2, -0.15) is 0 Å². The number of carbonyl (C=O) groups is 1. The Balaban J connectivity index is 2.38. The molecule has 0 aliphatic carbocycles. The van der Waals surface area contributed by atoms with Crippen LogP contribution in [0, 0.1) is 0 Å². The van der Waals surface area contributed by atoms with Gasteiger partial charge in [-0.25, -0.2) is 4.79 Å². The smallest absolute Gasteiger partial charge is 0.478 e. The van der Waals surface area contributed by atoms with Crippen molar-refractivity contribution in [3.8, 4) is 0 Å². The Kier molecular flexibility index (Phi) is 2.95. The molecule has 1 N–H and O–H groups in total. The highest BCUT2D eigenvalue weighted by Crippen LogP contribution is 2.36. The first kappa shape index (κ1) is 13.0. The Morgan fingerprint density at radius 1 is 1.28 bits per heavy atom. The highest BCUT2D eigenvalue weighted by Gasteiger charge is 2.53. The molecule has 18 heavy (non-hydrogen) atoms. The molecule has 96 valence electrons. The highest BCUT2D eigenvalue weighted by molar-refractivity contribution is 6.62. The van der Waals surface area contributed by atoms with Crippen LogP contribution in [0.3, 0.4) is 0 Å². The molecule has 2 rings (SSSR count). The summed E-state index contributed by atoms with van der Waals surface area (Å²) in [6.45, 7) is 7.65. The van der Waals surface area contributed by atoms with Gasteiger partial charge in [0, 0.05) is 6.20 Å². The number of hydrogen-bond donors (Lipinski definition) is 1. The van der Waals surface area contributed by atoms with E-state index in [1.807, 2.05) is 27.7 Å². The number of hydrogen-bond acceptors (Lipinski definition) is 4. The minimum Gasteiger partial charge on any atom is -0.478 e. The summed E-state index contributed by atoms with van der Waals surface area (Å²) in [5.74, 6) is -1.03. The molecule has 1 aromatic heterocycles. The molecule has 1 aliphatic heterocycles. The van der Waals surface area contributed by atoms with Gasteiger partial charge in [-0.1, -0.05) is 0 Å². The average Bonchev–Trinajstić information content (AvgIpc) is 2.48. The van der Waals surface area contributed by atoms with Gasteiger partial charge >= 0.3 is 13.1 Å². The molecular formula is C12H16BNO4. The first-order valence-corrected chi connectivity index (χ1v) is 5.78. The van der Waals surface area contributed by atoms with E-state index in [-0.39, 0.29) is 5.56 Å². The number of carboxylic acids is 1. The van der Waals surface area contributed by atoms with Crippen molar-refractivity contribution in [1.29, 1.82) is 0 Å². The minimum absolute atomic E-state index is 0.107. The van der Waals surface area contributed by atoms with Crippen molar-refractivity contribution in [3.63, 3.8) is 0 Å². The summed E-state index contributed by atoms with van der Waals surface area (Å²) in [6.07, 6.45) is 1.53. The fourth-order valence-corrected chi connectivity index (χ4v) is 1.74. The normalized spacial score (nSPS) is 21.0. The second-order valence-corrected chi connectivity index (χ2v) is 5.33. The minimum atomic E-state index is -1.03. The first-order chi connectivity index (χ1) is 8.24. The predicted molar refractivity (Wildman–Crippen MR) is 66.9 cm³/mol. The van der Waals surface area contributed by atoms with Crippen LogP contribution < -0.4 is 5.59 Å². The zero-order valence-electron chi connectivity index (χ0n) is 10.9. The Bertz CT molecular complexity index is 471. The zero-order valence-corrected chi connectivity index (χ0v) is 10.9. The second kappa shape index (κ2) is 4.07. The lowest BCUT2D eigenvalue weighted by Crippen LogP contribution is -2.41. The van der Waals surface area contributed by atoms with Crippen molar-refractivity contribution in [2.24, 2.45) is 0 Å². The molecule has 1 saturated heterocycles. The maximum absolute atomic E-state index is 11.2. The van der Waals surface area contributed by atoms with E-state index < -0.39 is 24.3 Å². The van der Waals surface area contributed by atoms with Crippen LogP contribution in [0.15, 0.2) is 18.3 Å². The molecule has 0 bridgehead atoms. The van der Waals surface area contributed by atoms with Crippen molar-refractivity contribution < 1.29 is 19.2 Å². The van der Waals surface area contributed by atoms with Crippen molar-refractivity contribution in [1.82, 2.24) is 4.98 Å². The zero-order chi connectivity index (χ0) is 13.6. The SMILES string of the molecule is CC1(C)OB(c2ncccc2C(=O)O)OC1(C)C. The highest BCUT2D eigenvalue weighted by atomic mass is 16.7. The van der Waals surface area contributed by atoms with Crippen molar-refractivity contribution >= 4 is 18.7 Å². The van der Waals surface area contributed by atoms with Crippen LogP contribution in [0.5, 0.6) is 0 Å². The van der Waals surface area contributed by atoms with Gasteiger partial charge in [0.2, 0.25) is 0 Å². The molecule has 1 aromatic rings. The van der Waals surface area contributed by atoms with E-state index in [1.165, 1.54) is 12.3 Å². The van der Waals surface area contributed by atoms with Crippen molar-refractivity contribution in [2.45, 2.75) is 38.9 Å². The van der Waals surface area contributed by atoms with Gasteiger partial charge in [0.25, 0.3) is 0 Å². The lowest BCUT2D eigenvalue weighted by molar-refractivity contribution is 0.00578. The maximum Gasteiger partial charge on any atom is 0.515 e. The summed E-state index contributed by atoms with van der Waals surface area (Å²) in [7, 11) is -0.748. The number of aromatic carboxylic acids is 1. The Labute approximate surface area is 106 Å². The molecule has 1 aliphatic rings. The van der Waals surface area contributed by atoms with E-state index in [0.29, 0.717) is 5.59 Å². The quantitative estimate of drug-likeness (QED) is 0.794. The summed E-state index contributed by atoms with van der Waals surface area (Å²) in [4.78, 5) is 15.2. The van der Waals surface area contributed by atoms with Gasteiger partial charge in [-0.3, -0.25) is 4.98 Å². The summed E-state index contributed by atoms with van der Waals surface area (Å²) in [6, 6.07) is 3.08. The molecule has 0 amide bonds. The molecule has 0 saturated carbocycles. The Morgan fingerprint density at radius 3 is 2.33 bits per heavy atom. The molecule has 5 nitrogen and oxygen atoms in total. The molecule has 0 atom stereocenters. The number of nitrogens with zero attached hydrogens (tertiary/aromatic N) is 1.